The minimum Gasteiger partial charge on any atom is -0.390 e. The molecule has 0 aromatic carbocycles. The third-order valence-electron chi connectivity index (χ3n) is 4.54. The fraction of sp³-hybridized carbons (Fsp3) is 1.00. The van der Waals surface area contributed by atoms with E-state index in [2.05, 4.69) is 13.8 Å². The van der Waals surface area contributed by atoms with Crippen LogP contribution in [0.4, 0.5) is 0 Å². The molecule has 16 heavy (non-hydrogen) atoms. The summed E-state index contributed by atoms with van der Waals surface area (Å²) in [4.78, 5) is 0. The summed E-state index contributed by atoms with van der Waals surface area (Å²) in [6.45, 7) is 5.50. The molecule has 1 aliphatic carbocycles. The highest BCUT2D eigenvalue weighted by Gasteiger charge is 2.36. The fourth-order valence-electron chi connectivity index (χ4n) is 3.28. The van der Waals surface area contributed by atoms with Gasteiger partial charge in [-0.2, -0.15) is 0 Å². The summed E-state index contributed by atoms with van der Waals surface area (Å²) in [5, 5.41) is 10.6. The molecule has 0 bridgehead atoms. The summed E-state index contributed by atoms with van der Waals surface area (Å²) >= 11 is 0. The number of aliphatic hydroxyl groups is 1. The molecule has 1 unspecified atom stereocenters. The van der Waals surface area contributed by atoms with Crippen molar-refractivity contribution in [1.29, 1.82) is 0 Å². The monoisotopic (exact) mass is 226 g/mol. The zero-order chi connectivity index (χ0) is 11.6. The number of ether oxygens (including phenoxy) is 1. The molecule has 1 saturated carbocycles. The van der Waals surface area contributed by atoms with Crippen LogP contribution in [-0.2, 0) is 4.74 Å². The van der Waals surface area contributed by atoms with Gasteiger partial charge in [0.05, 0.1) is 11.7 Å². The third kappa shape index (κ3) is 2.98. The Kier molecular flexibility index (Phi) is 3.91. The van der Waals surface area contributed by atoms with E-state index in [-0.39, 0.29) is 0 Å². The van der Waals surface area contributed by atoms with E-state index in [1.165, 1.54) is 19.3 Å². The molecule has 2 aliphatic rings. The van der Waals surface area contributed by atoms with Crippen LogP contribution in [-0.4, -0.2) is 23.4 Å². The van der Waals surface area contributed by atoms with Crippen molar-refractivity contribution in [3.8, 4) is 0 Å². The summed E-state index contributed by atoms with van der Waals surface area (Å²) in [7, 11) is 0. The summed E-state index contributed by atoms with van der Waals surface area (Å²) in [6.07, 6.45) is 7.89. The van der Waals surface area contributed by atoms with Crippen molar-refractivity contribution < 1.29 is 9.84 Å². The average Bonchev–Trinajstić information content (AvgIpc) is 2.70. The highest BCUT2D eigenvalue weighted by molar-refractivity contribution is 4.89. The molecule has 94 valence electrons. The van der Waals surface area contributed by atoms with Gasteiger partial charge in [0.1, 0.15) is 0 Å². The van der Waals surface area contributed by atoms with Crippen LogP contribution in [0.2, 0.25) is 0 Å². The lowest BCUT2D eigenvalue weighted by Gasteiger charge is -2.38. The van der Waals surface area contributed by atoms with Gasteiger partial charge in [-0.15, -0.1) is 0 Å². The second-order valence-corrected chi connectivity index (χ2v) is 6.14. The van der Waals surface area contributed by atoms with E-state index in [1.54, 1.807) is 0 Å². The van der Waals surface area contributed by atoms with E-state index in [9.17, 15) is 5.11 Å². The Hall–Kier alpha value is -0.0800. The van der Waals surface area contributed by atoms with Gasteiger partial charge in [0.25, 0.3) is 0 Å². The first-order valence-electron chi connectivity index (χ1n) is 6.93. The molecule has 0 spiro atoms. The Bertz CT molecular complexity index is 211. The quantitative estimate of drug-likeness (QED) is 0.801. The third-order valence-corrected chi connectivity index (χ3v) is 4.54. The van der Waals surface area contributed by atoms with E-state index < -0.39 is 5.60 Å². The Balaban J connectivity index is 1.81. The smallest absolute Gasteiger partial charge is 0.0672 e. The summed E-state index contributed by atoms with van der Waals surface area (Å²) in [6, 6.07) is 0. The predicted octanol–water partition coefficient (Wildman–Crippen LogP) is 3.13. The van der Waals surface area contributed by atoms with Crippen molar-refractivity contribution in [2.24, 2.45) is 11.8 Å². The van der Waals surface area contributed by atoms with Gasteiger partial charge in [-0.25, -0.2) is 0 Å². The number of hydrogen-bond acceptors (Lipinski definition) is 2. The molecule has 0 radical (unpaired) electrons. The van der Waals surface area contributed by atoms with Crippen molar-refractivity contribution in [2.75, 3.05) is 6.61 Å². The molecule has 1 atom stereocenters. The molecule has 0 aromatic rings. The second kappa shape index (κ2) is 5.05. The maximum absolute atomic E-state index is 10.6. The second-order valence-electron chi connectivity index (χ2n) is 6.14. The lowest BCUT2D eigenvalue weighted by Crippen LogP contribution is -2.38. The standard InChI is InChI=1S/C14H26O2/c1-11(2)12-5-7-14(15,8-6-12)10-13-4-3-9-16-13/h11-13,15H,3-10H2,1-2H3. The maximum Gasteiger partial charge on any atom is 0.0672 e. The van der Waals surface area contributed by atoms with Gasteiger partial charge in [0.2, 0.25) is 0 Å². The lowest BCUT2D eigenvalue weighted by atomic mass is 9.72. The molecule has 2 nitrogen and oxygen atoms in total. The molecule has 1 aliphatic heterocycles. The highest BCUT2D eigenvalue weighted by Crippen LogP contribution is 2.39. The Labute approximate surface area is 99.4 Å². The van der Waals surface area contributed by atoms with Crippen LogP contribution in [0.1, 0.15) is 58.8 Å². The summed E-state index contributed by atoms with van der Waals surface area (Å²) < 4.78 is 5.64. The van der Waals surface area contributed by atoms with Gasteiger partial charge in [0.15, 0.2) is 0 Å². The van der Waals surface area contributed by atoms with Crippen LogP contribution in [0.15, 0.2) is 0 Å². The van der Waals surface area contributed by atoms with Crippen molar-refractivity contribution in [1.82, 2.24) is 0 Å². The minimum absolute atomic E-state index is 0.334. The molecule has 0 amide bonds. The van der Waals surface area contributed by atoms with Crippen LogP contribution >= 0.6 is 0 Å². The molecule has 2 fully saturated rings. The first-order chi connectivity index (χ1) is 7.59. The van der Waals surface area contributed by atoms with Gasteiger partial charge in [-0.05, 0) is 50.4 Å². The molecule has 1 N–H and O–H groups in total. The molecule has 2 heteroatoms. The zero-order valence-electron chi connectivity index (χ0n) is 10.7. The van der Waals surface area contributed by atoms with Gasteiger partial charge < -0.3 is 9.84 Å². The zero-order valence-corrected chi connectivity index (χ0v) is 10.7. The molecule has 1 heterocycles. The molecular formula is C14H26O2. The van der Waals surface area contributed by atoms with Crippen molar-refractivity contribution in [3.05, 3.63) is 0 Å². The van der Waals surface area contributed by atoms with Crippen LogP contribution < -0.4 is 0 Å². The van der Waals surface area contributed by atoms with Crippen LogP contribution in [0, 0.1) is 11.8 Å². The Morgan fingerprint density at radius 1 is 1.25 bits per heavy atom. The average molecular weight is 226 g/mol. The molecular weight excluding hydrogens is 200 g/mol. The van der Waals surface area contributed by atoms with Gasteiger partial charge in [0, 0.05) is 13.0 Å². The van der Waals surface area contributed by atoms with Crippen LogP contribution in [0.25, 0.3) is 0 Å². The van der Waals surface area contributed by atoms with E-state index >= 15 is 0 Å². The van der Waals surface area contributed by atoms with Crippen molar-refractivity contribution in [2.45, 2.75) is 70.5 Å². The van der Waals surface area contributed by atoms with Crippen molar-refractivity contribution >= 4 is 0 Å². The van der Waals surface area contributed by atoms with Gasteiger partial charge >= 0.3 is 0 Å². The SMILES string of the molecule is CC(C)C1CCC(O)(CC2CCCO2)CC1. The van der Waals surface area contributed by atoms with Crippen LogP contribution in [0.3, 0.4) is 0 Å². The van der Waals surface area contributed by atoms with Crippen molar-refractivity contribution in [3.63, 3.8) is 0 Å². The fourth-order valence-corrected chi connectivity index (χ4v) is 3.28. The number of hydrogen-bond donors (Lipinski definition) is 1. The maximum atomic E-state index is 10.6. The van der Waals surface area contributed by atoms with Crippen LogP contribution in [0.5, 0.6) is 0 Å². The van der Waals surface area contributed by atoms with E-state index in [0.717, 1.165) is 44.1 Å². The van der Waals surface area contributed by atoms with E-state index in [0.29, 0.717) is 6.10 Å². The molecule has 1 saturated heterocycles. The topological polar surface area (TPSA) is 29.5 Å². The lowest BCUT2D eigenvalue weighted by molar-refractivity contribution is -0.0555. The molecule has 2 rings (SSSR count). The first kappa shape index (κ1) is 12.4. The van der Waals surface area contributed by atoms with Gasteiger partial charge in [-0.1, -0.05) is 13.8 Å². The summed E-state index contributed by atoms with van der Waals surface area (Å²) in [5.74, 6) is 1.59. The van der Waals surface area contributed by atoms with E-state index in [4.69, 9.17) is 4.74 Å². The minimum atomic E-state index is -0.416. The Morgan fingerprint density at radius 3 is 2.44 bits per heavy atom. The van der Waals surface area contributed by atoms with Gasteiger partial charge in [-0.3, -0.25) is 0 Å². The molecule has 0 aromatic heterocycles. The first-order valence-corrected chi connectivity index (χ1v) is 6.93. The highest BCUT2D eigenvalue weighted by atomic mass is 16.5. The summed E-state index contributed by atoms with van der Waals surface area (Å²) in [5.41, 5.74) is -0.416. The Morgan fingerprint density at radius 2 is 1.94 bits per heavy atom. The normalized spacial score (nSPS) is 40.5. The van der Waals surface area contributed by atoms with E-state index in [1.807, 2.05) is 0 Å². The predicted molar refractivity (Wildman–Crippen MR) is 65.3 cm³/mol. The number of rotatable bonds is 3. The largest absolute Gasteiger partial charge is 0.390 e.